The van der Waals surface area contributed by atoms with E-state index in [1.165, 1.54) is 0 Å². The Morgan fingerprint density at radius 3 is 3.00 bits per heavy atom. The summed E-state index contributed by atoms with van der Waals surface area (Å²) in [5, 5.41) is 14.9. The van der Waals surface area contributed by atoms with Gasteiger partial charge in [-0.25, -0.2) is 4.98 Å². The first kappa shape index (κ1) is 10.6. The molecule has 0 spiro atoms. The average Bonchev–Trinajstić information content (AvgIpc) is 2.94. The minimum atomic E-state index is 0.402. The van der Waals surface area contributed by atoms with Crippen LogP contribution in [0.2, 0.25) is 0 Å². The molecule has 3 heterocycles. The lowest BCUT2D eigenvalue weighted by molar-refractivity contribution is 0.379. The highest BCUT2D eigenvalue weighted by Crippen LogP contribution is 2.12. The predicted octanol–water partition coefficient (Wildman–Crippen LogP) is 0.736. The number of fused-ring (bicyclic) bond motifs is 1. The third-order valence-corrected chi connectivity index (χ3v) is 2.47. The SMILES string of the molecule is Cc1noc(CNc2nccn3c(C)nnc23)n1. The molecule has 8 heteroatoms. The number of rotatable bonds is 3. The van der Waals surface area contributed by atoms with Crippen LogP contribution in [-0.2, 0) is 6.54 Å². The maximum Gasteiger partial charge on any atom is 0.245 e. The molecule has 0 amide bonds. The van der Waals surface area contributed by atoms with Crippen LogP contribution in [0.1, 0.15) is 17.5 Å². The van der Waals surface area contributed by atoms with Gasteiger partial charge < -0.3 is 9.84 Å². The van der Waals surface area contributed by atoms with Crippen molar-refractivity contribution in [3.05, 3.63) is 29.9 Å². The number of nitrogens with zero attached hydrogens (tertiary/aromatic N) is 6. The second-order valence-electron chi connectivity index (χ2n) is 3.81. The van der Waals surface area contributed by atoms with E-state index >= 15 is 0 Å². The normalized spacial score (nSPS) is 11.0. The highest BCUT2D eigenvalue weighted by Gasteiger charge is 2.09. The Morgan fingerprint density at radius 2 is 2.22 bits per heavy atom. The van der Waals surface area contributed by atoms with Crippen molar-refractivity contribution in [2.75, 3.05) is 5.32 Å². The molecule has 0 radical (unpaired) electrons. The van der Waals surface area contributed by atoms with Gasteiger partial charge in [-0.05, 0) is 13.8 Å². The lowest BCUT2D eigenvalue weighted by Crippen LogP contribution is -2.04. The molecule has 0 fully saturated rings. The monoisotopic (exact) mass is 245 g/mol. The second-order valence-corrected chi connectivity index (χ2v) is 3.81. The van der Waals surface area contributed by atoms with E-state index in [1.807, 2.05) is 17.5 Å². The summed E-state index contributed by atoms with van der Waals surface area (Å²) in [5.74, 6) is 2.56. The molecule has 3 aromatic rings. The van der Waals surface area contributed by atoms with E-state index in [0.29, 0.717) is 29.7 Å². The van der Waals surface area contributed by atoms with Crippen LogP contribution in [-0.4, -0.2) is 29.7 Å². The van der Waals surface area contributed by atoms with Crippen molar-refractivity contribution in [2.24, 2.45) is 0 Å². The molecule has 0 bridgehead atoms. The minimum Gasteiger partial charge on any atom is -0.358 e. The van der Waals surface area contributed by atoms with E-state index in [-0.39, 0.29) is 0 Å². The Morgan fingerprint density at radius 1 is 1.33 bits per heavy atom. The maximum atomic E-state index is 5.01. The topological polar surface area (TPSA) is 94.0 Å². The van der Waals surface area contributed by atoms with Crippen LogP contribution in [0.4, 0.5) is 5.82 Å². The van der Waals surface area contributed by atoms with Crippen molar-refractivity contribution >= 4 is 11.5 Å². The fourth-order valence-electron chi connectivity index (χ4n) is 1.64. The van der Waals surface area contributed by atoms with Gasteiger partial charge in [0.05, 0.1) is 6.54 Å². The van der Waals surface area contributed by atoms with Crippen molar-refractivity contribution < 1.29 is 4.52 Å². The van der Waals surface area contributed by atoms with Crippen molar-refractivity contribution in [2.45, 2.75) is 20.4 Å². The Balaban J connectivity index is 1.86. The fraction of sp³-hybridized carbons (Fsp3) is 0.300. The number of aryl methyl sites for hydroxylation is 2. The molecule has 0 aliphatic rings. The van der Waals surface area contributed by atoms with Crippen LogP contribution in [0.15, 0.2) is 16.9 Å². The number of hydrogen-bond acceptors (Lipinski definition) is 7. The van der Waals surface area contributed by atoms with E-state index in [0.717, 1.165) is 5.82 Å². The second kappa shape index (κ2) is 4.06. The van der Waals surface area contributed by atoms with Gasteiger partial charge >= 0.3 is 0 Å². The van der Waals surface area contributed by atoms with Crippen LogP contribution in [0.3, 0.4) is 0 Å². The molecule has 3 rings (SSSR count). The van der Waals surface area contributed by atoms with Gasteiger partial charge in [-0.15, -0.1) is 10.2 Å². The predicted molar refractivity (Wildman–Crippen MR) is 61.9 cm³/mol. The highest BCUT2D eigenvalue weighted by molar-refractivity contribution is 5.61. The zero-order valence-electron chi connectivity index (χ0n) is 9.95. The molecule has 1 N–H and O–H groups in total. The fourth-order valence-corrected chi connectivity index (χ4v) is 1.64. The third kappa shape index (κ3) is 1.77. The summed E-state index contributed by atoms with van der Waals surface area (Å²) in [7, 11) is 0. The number of aromatic nitrogens is 6. The summed E-state index contributed by atoms with van der Waals surface area (Å²) in [6, 6.07) is 0. The Kier molecular flexibility index (Phi) is 2.40. The van der Waals surface area contributed by atoms with Crippen LogP contribution in [0, 0.1) is 13.8 Å². The number of nitrogens with one attached hydrogen (secondary N) is 1. The van der Waals surface area contributed by atoms with Gasteiger partial charge in [0.15, 0.2) is 11.6 Å². The molecule has 0 saturated carbocycles. The van der Waals surface area contributed by atoms with Gasteiger partial charge in [0, 0.05) is 12.4 Å². The molecule has 8 nitrogen and oxygen atoms in total. The first-order chi connectivity index (χ1) is 8.74. The van der Waals surface area contributed by atoms with Crippen molar-refractivity contribution in [1.29, 1.82) is 0 Å². The molecule has 3 aromatic heterocycles. The van der Waals surface area contributed by atoms with Gasteiger partial charge in [-0.3, -0.25) is 4.40 Å². The molecule has 0 saturated heterocycles. The van der Waals surface area contributed by atoms with E-state index < -0.39 is 0 Å². The summed E-state index contributed by atoms with van der Waals surface area (Å²) in [6.45, 7) is 4.05. The van der Waals surface area contributed by atoms with Crippen molar-refractivity contribution in [3.63, 3.8) is 0 Å². The lowest BCUT2D eigenvalue weighted by atomic mass is 10.5. The molecule has 0 atom stereocenters. The van der Waals surface area contributed by atoms with E-state index in [4.69, 9.17) is 4.52 Å². The molecule has 0 aliphatic carbocycles. The number of anilines is 1. The minimum absolute atomic E-state index is 0.402. The molecular weight excluding hydrogens is 234 g/mol. The summed E-state index contributed by atoms with van der Waals surface area (Å²) in [6.07, 6.45) is 3.50. The van der Waals surface area contributed by atoms with E-state index in [2.05, 4.69) is 30.6 Å². The van der Waals surface area contributed by atoms with Crippen LogP contribution in [0.5, 0.6) is 0 Å². The molecule has 0 aliphatic heterocycles. The summed E-state index contributed by atoms with van der Waals surface area (Å²) < 4.78 is 6.86. The van der Waals surface area contributed by atoms with Crippen LogP contribution >= 0.6 is 0 Å². The van der Waals surface area contributed by atoms with Crippen LogP contribution < -0.4 is 5.32 Å². The Labute approximate surface area is 102 Å². The highest BCUT2D eigenvalue weighted by atomic mass is 16.5. The smallest absolute Gasteiger partial charge is 0.245 e. The standard InChI is InChI=1S/C10H11N7O/c1-6-13-8(18-16-6)5-12-9-10-15-14-7(2)17(10)4-3-11-9/h3-4H,5H2,1-2H3,(H,11,12). The van der Waals surface area contributed by atoms with Gasteiger partial charge in [-0.2, -0.15) is 4.98 Å². The zero-order valence-corrected chi connectivity index (χ0v) is 9.95. The zero-order chi connectivity index (χ0) is 12.5. The lowest BCUT2D eigenvalue weighted by Gasteiger charge is -2.03. The van der Waals surface area contributed by atoms with Crippen LogP contribution in [0.25, 0.3) is 5.65 Å². The van der Waals surface area contributed by atoms with E-state index in [1.54, 1.807) is 13.1 Å². The first-order valence-electron chi connectivity index (χ1n) is 5.43. The van der Waals surface area contributed by atoms with E-state index in [9.17, 15) is 0 Å². The van der Waals surface area contributed by atoms with Gasteiger partial charge in [0.1, 0.15) is 5.82 Å². The summed E-state index contributed by atoms with van der Waals surface area (Å²) in [5.41, 5.74) is 0.672. The summed E-state index contributed by atoms with van der Waals surface area (Å²) >= 11 is 0. The largest absolute Gasteiger partial charge is 0.358 e. The van der Waals surface area contributed by atoms with Crippen molar-refractivity contribution in [1.82, 2.24) is 29.7 Å². The third-order valence-electron chi connectivity index (χ3n) is 2.47. The molecule has 0 aromatic carbocycles. The Hall–Kier alpha value is -2.51. The number of hydrogen-bond donors (Lipinski definition) is 1. The van der Waals surface area contributed by atoms with Gasteiger partial charge in [0.2, 0.25) is 11.5 Å². The molecule has 18 heavy (non-hydrogen) atoms. The van der Waals surface area contributed by atoms with Crippen molar-refractivity contribution in [3.8, 4) is 0 Å². The van der Waals surface area contributed by atoms with Gasteiger partial charge in [0.25, 0.3) is 0 Å². The molecule has 92 valence electrons. The molecular formula is C10H11N7O. The Bertz CT molecular complexity index is 686. The quantitative estimate of drug-likeness (QED) is 0.727. The first-order valence-corrected chi connectivity index (χ1v) is 5.43. The maximum absolute atomic E-state index is 5.01. The summed E-state index contributed by atoms with van der Waals surface area (Å²) in [4.78, 5) is 8.32. The average molecular weight is 245 g/mol. The van der Waals surface area contributed by atoms with Gasteiger partial charge in [-0.1, -0.05) is 5.16 Å². The molecule has 0 unspecified atom stereocenters.